The van der Waals surface area contributed by atoms with Gasteiger partial charge in [-0.05, 0) is 36.4 Å². The highest BCUT2D eigenvalue weighted by molar-refractivity contribution is 7.99. The van der Waals surface area contributed by atoms with Gasteiger partial charge < -0.3 is 15.0 Å². The van der Waals surface area contributed by atoms with Crippen LogP contribution in [0.25, 0.3) is 10.2 Å². The zero-order valence-corrected chi connectivity index (χ0v) is 23.0. The molecule has 0 aliphatic carbocycles. The number of carbonyl (C=O) groups is 1. The van der Waals surface area contributed by atoms with Gasteiger partial charge in [-0.3, -0.25) is 4.79 Å². The molecule has 0 radical (unpaired) electrons. The van der Waals surface area contributed by atoms with Gasteiger partial charge in [-0.1, -0.05) is 30.0 Å². The number of ether oxygens (including phenoxy) is 1. The molecule has 0 spiro atoms. The van der Waals surface area contributed by atoms with Gasteiger partial charge in [0, 0.05) is 48.5 Å². The number of para-hydroxylation sites is 1. The summed E-state index contributed by atoms with van der Waals surface area (Å²) in [6.07, 6.45) is 5.26. The number of likely N-dealkylation sites (tertiary alicyclic amines) is 1. The predicted octanol–water partition coefficient (Wildman–Crippen LogP) is 6.96. The van der Waals surface area contributed by atoms with E-state index >= 15 is 0 Å². The third kappa shape index (κ3) is 5.50. The van der Waals surface area contributed by atoms with Crippen molar-refractivity contribution in [3.63, 3.8) is 0 Å². The van der Waals surface area contributed by atoms with Crippen LogP contribution in [0, 0.1) is 0 Å². The second kappa shape index (κ2) is 11.1. The first kappa shape index (κ1) is 24.8. The van der Waals surface area contributed by atoms with Crippen molar-refractivity contribution >= 4 is 61.5 Å². The smallest absolute Gasteiger partial charge is 0.219 e. The van der Waals surface area contributed by atoms with Gasteiger partial charge in [0.1, 0.15) is 17.1 Å². The minimum Gasteiger partial charge on any atom is -0.453 e. The lowest BCUT2D eigenvalue weighted by molar-refractivity contribution is -0.129. The summed E-state index contributed by atoms with van der Waals surface area (Å²) < 4.78 is 7.31. The van der Waals surface area contributed by atoms with Gasteiger partial charge in [-0.2, -0.15) is 0 Å². The molecule has 6 rings (SSSR count). The lowest BCUT2D eigenvalue weighted by Gasteiger charge is -2.30. The topological polar surface area (TPSA) is 93.1 Å². The Morgan fingerprint density at radius 3 is 2.76 bits per heavy atom. The molecule has 0 atom stereocenters. The van der Waals surface area contributed by atoms with Crippen molar-refractivity contribution in [3.05, 3.63) is 71.4 Å². The molecule has 192 valence electrons. The van der Waals surface area contributed by atoms with E-state index in [0.717, 1.165) is 62.6 Å². The van der Waals surface area contributed by atoms with Gasteiger partial charge in [-0.25, -0.2) is 19.9 Å². The number of benzene rings is 1. The molecule has 1 aliphatic rings. The SMILES string of the molecule is CC(=O)N1CCC(c2csc(Nc3ncc(Sc4ncnc5ccsc45)cc3Oc3ccccc3)n2)CC1. The molecule has 1 aliphatic heterocycles. The fourth-order valence-corrected chi connectivity index (χ4v) is 6.92. The Morgan fingerprint density at radius 1 is 1.11 bits per heavy atom. The Hall–Kier alpha value is -3.54. The van der Waals surface area contributed by atoms with Crippen molar-refractivity contribution in [2.45, 2.75) is 35.6 Å². The summed E-state index contributed by atoms with van der Waals surface area (Å²) in [7, 11) is 0. The van der Waals surface area contributed by atoms with Crippen LogP contribution in [0.15, 0.2) is 75.7 Å². The van der Waals surface area contributed by atoms with E-state index in [2.05, 4.69) is 20.7 Å². The van der Waals surface area contributed by atoms with E-state index in [1.807, 2.05) is 58.9 Å². The maximum Gasteiger partial charge on any atom is 0.219 e. The van der Waals surface area contributed by atoms with Crippen LogP contribution in [0.1, 0.15) is 31.4 Å². The van der Waals surface area contributed by atoms with Gasteiger partial charge in [0.25, 0.3) is 0 Å². The fraction of sp³-hybridized carbons (Fsp3) is 0.222. The highest BCUT2D eigenvalue weighted by Crippen LogP contribution is 2.39. The first-order valence-corrected chi connectivity index (χ1v) is 14.8. The summed E-state index contributed by atoms with van der Waals surface area (Å²) in [6, 6.07) is 13.6. The van der Waals surface area contributed by atoms with Gasteiger partial charge in [-0.15, -0.1) is 22.7 Å². The molecule has 5 heterocycles. The molecule has 0 unspecified atom stereocenters. The van der Waals surface area contributed by atoms with Gasteiger partial charge in [0.05, 0.1) is 15.9 Å². The van der Waals surface area contributed by atoms with Gasteiger partial charge >= 0.3 is 0 Å². The zero-order valence-electron chi connectivity index (χ0n) is 20.5. The number of anilines is 2. The summed E-state index contributed by atoms with van der Waals surface area (Å²) in [5.74, 6) is 2.41. The molecule has 0 bridgehead atoms. The normalized spacial score (nSPS) is 14.1. The quantitative estimate of drug-likeness (QED) is 0.214. The fourth-order valence-electron chi connectivity index (χ4n) is 4.34. The average molecular weight is 561 g/mol. The van der Waals surface area contributed by atoms with E-state index in [-0.39, 0.29) is 5.91 Å². The summed E-state index contributed by atoms with van der Waals surface area (Å²) >= 11 is 4.71. The molecule has 1 fully saturated rings. The number of aromatic nitrogens is 4. The van der Waals surface area contributed by atoms with Crippen LogP contribution in [0.2, 0.25) is 0 Å². The number of carbonyl (C=O) groups excluding carboxylic acids is 1. The Kier molecular flexibility index (Phi) is 7.21. The third-order valence-electron chi connectivity index (χ3n) is 6.33. The number of thiazole rings is 1. The van der Waals surface area contributed by atoms with Crippen molar-refractivity contribution in [3.8, 4) is 11.5 Å². The van der Waals surface area contributed by atoms with E-state index in [0.29, 0.717) is 17.5 Å². The molecule has 8 nitrogen and oxygen atoms in total. The van der Waals surface area contributed by atoms with E-state index < -0.39 is 0 Å². The number of hydrogen-bond donors (Lipinski definition) is 1. The number of piperidine rings is 1. The number of amides is 1. The molecule has 1 saturated heterocycles. The minimum atomic E-state index is 0.141. The van der Waals surface area contributed by atoms with Gasteiger partial charge in [0.15, 0.2) is 16.7 Å². The van der Waals surface area contributed by atoms with Crippen LogP contribution in [0.5, 0.6) is 11.5 Å². The maximum atomic E-state index is 11.7. The molecule has 38 heavy (non-hydrogen) atoms. The lowest BCUT2D eigenvalue weighted by Crippen LogP contribution is -2.36. The molecule has 1 aromatic carbocycles. The van der Waals surface area contributed by atoms with E-state index in [4.69, 9.17) is 14.7 Å². The van der Waals surface area contributed by atoms with Crippen molar-refractivity contribution in [2.24, 2.45) is 0 Å². The monoisotopic (exact) mass is 560 g/mol. The van der Waals surface area contributed by atoms with Crippen molar-refractivity contribution in [2.75, 3.05) is 18.4 Å². The molecule has 0 saturated carbocycles. The van der Waals surface area contributed by atoms with Crippen LogP contribution in [-0.4, -0.2) is 43.8 Å². The molecule has 11 heteroatoms. The third-order valence-corrected chi connectivity index (χ3v) is 9.11. The van der Waals surface area contributed by atoms with E-state index in [9.17, 15) is 4.79 Å². The molecule has 1 amide bonds. The lowest BCUT2D eigenvalue weighted by atomic mass is 9.94. The first-order valence-electron chi connectivity index (χ1n) is 12.2. The number of hydrogen-bond acceptors (Lipinski definition) is 10. The summed E-state index contributed by atoms with van der Waals surface area (Å²) in [5.41, 5.74) is 1.99. The van der Waals surface area contributed by atoms with Crippen molar-refractivity contribution < 1.29 is 9.53 Å². The number of fused-ring (bicyclic) bond motifs is 1. The Labute approximate surface area is 232 Å². The first-order chi connectivity index (χ1) is 18.6. The Balaban J connectivity index is 1.24. The predicted molar refractivity (Wildman–Crippen MR) is 152 cm³/mol. The largest absolute Gasteiger partial charge is 0.453 e. The van der Waals surface area contributed by atoms with Crippen LogP contribution in [0.3, 0.4) is 0 Å². The number of thiophene rings is 1. The van der Waals surface area contributed by atoms with Crippen LogP contribution < -0.4 is 10.1 Å². The van der Waals surface area contributed by atoms with Crippen LogP contribution in [0.4, 0.5) is 10.9 Å². The molecule has 4 aromatic heterocycles. The summed E-state index contributed by atoms with van der Waals surface area (Å²) in [5, 5.41) is 9.14. The van der Waals surface area contributed by atoms with Crippen LogP contribution >= 0.6 is 34.4 Å². The molecule has 5 aromatic rings. The minimum absolute atomic E-state index is 0.141. The number of rotatable bonds is 7. The maximum absolute atomic E-state index is 11.7. The Bertz CT molecular complexity index is 1560. The molecular weight excluding hydrogens is 537 g/mol. The molecule has 1 N–H and O–H groups in total. The number of nitrogens with one attached hydrogen (secondary N) is 1. The second-order valence-corrected chi connectivity index (χ2v) is 11.7. The zero-order chi connectivity index (χ0) is 25.9. The summed E-state index contributed by atoms with van der Waals surface area (Å²) in [6.45, 7) is 3.19. The second-order valence-electron chi connectivity index (χ2n) is 8.83. The van der Waals surface area contributed by atoms with Crippen molar-refractivity contribution in [1.29, 1.82) is 0 Å². The number of nitrogens with zero attached hydrogens (tertiary/aromatic N) is 5. The van der Waals surface area contributed by atoms with Gasteiger partial charge in [0.2, 0.25) is 5.91 Å². The average Bonchev–Trinajstić information content (AvgIpc) is 3.61. The molecular formula is C27H24N6O2S3. The standard InChI is InChI=1S/C27H24N6O2S3/c1-17(34)33-10-7-18(8-11-33)22-15-37-27(31-22)32-25-23(35-19-5-3-2-4-6-19)13-20(14-28-25)38-26-24-21(9-12-36-24)29-16-30-26/h2-6,9,12-16,18H,7-8,10-11H2,1H3,(H,28,31,32). The van der Waals surface area contributed by atoms with E-state index in [1.165, 1.54) is 11.8 Å². The number of pyridine rings is 1. The van der Waals surface area contributed by atoms with Crippen molar-refractivity contribution in [1.82, 2.24) is 24.8 Å². The highest BCUT2D eigenvalue weighted by Gasteiger charge is 2.24. The summed E-state index contributed by atoms with van der Waals surface area (Å²) in [4.78, 5) is 32.9. The van der Waals surface area contributed by atoms with Crippen LogP contribution in [-0.2, 0) is 4.79 Å². The Morgan fingerprint density at radius 2 is 1.95 bits per heavy atom. The van der Waals surface area contributed by atoms with E-state index in [1.54, 1.807) is 35.9 Å². The highest BCUT2D eigenvalue weighted by atomic mass is 32.2.